The van der Waals surface area contributed by atoms with E-state index in [9.17, 15) is 9.59 Å². The van der Waals surface area contributed by atoms with Crippen LogP contribution in [0, 0.1) is 5.92 Å². The van der Waals surface area contributed by atoms with Gasteiger partial charge in [0.1, 0.15) is 11.7 Å². The lowest BCUT2D eigenvalue weighted by Gasteiger charge is -2.29. The van der Waals surface area contributed by atoms with Gasteiger partial charge >= 0.3 is 0 Å². The summed E-state index contributed by atoms with van der Waals surface area (Å²) in [4.78, 5) is 34.6. The van der Waals surface area contributed by atoms with E-state index in [0.29, 0.717) is 17.3 Å². The van der Waals surface area contributed by atoms with Crippen LogP contribution in [0.5, 0.6) is 5.75 Å². The highest BCUT2D eigenvalue weighted by atomic mass is 35.5. The van der Waals surface area contributed by atoms with Crippen LogP contribution in [0.4, 0.5) is 11.4 Å². The number of rotatable bonds is 11. The number of hydrogen-bond acceptors (Lipinski definition) is 5. The van der Waals surface area contributed by atoms with Gasteiger partial charge in [-0.15, -0.1) is 0 Å². The molecule has 0 saturated carbocycles. The van der Waals surface area contributed by atoms with Crippen molar-refractivity contribution in [3.8, 4) is 5.75 Å². The lowest BCUT2D eigenvalue weighted by molar-refractivity contribution is -0.126. The van der Waals surface area contributed by atoms with Gasteiger partial charge in [-0.2, -0.15) is 0 Å². The molecule has 0 N–H and O–H groups in total. The van der Waals surface area contributed by atoms with Crippen LogP contribution in [0.1, 0.15) is 57.1 Å². The van der Waals surface area contributed by atoms with Gasteiger partial charge in [-0.1, -0.05) is 92.6 Å². The lowest BCUT2D eigenvalue weighted by Crippen LogP contribution is -2.37. The number of halogens is 2. The standard InChI is InChI=1S/C31H32Cl2N2O4/c1-2-3-4-5-6-10-19-38-24-16-13-21(14-17-24)28-27-29(39-35(28)22-11-8-7-9-12-22)31(37)34(30(27)36)23-15-18-25(32)26(33)20-23/h7-9,11-18,20,27-29H,2-6,10,19H2,1H3. The number of amides is 2. The van der Waals surface area contributed by atoms with Gasteiger partial charge in [-0.05, 0) is 54.4 Å². The van der Waals surface area contributed by atoms with Crippen molar-refractivity contribution in [2.24, 2.45) is 5.92 Å². The number of imide groups is 1. The van der Waals surface area contributed by atoms with Crippen molar-refractivity contribution < 1.29 is 19.2 Å². The van der Waals surface area contributed by atoms with Gasteiger partial charge in [-0.25, -0.2) is 9.96 Å². The van der Waals surface area contributed by atoms with Crippen molar-refractivity contribution in [2.45, 2.75) is 57.6 Å². The Morgan fingerprint density at radius 3 is 2.23 bits per heavy atom. The Labute approximate surface area is 239 Å². The number of unbranched alkanes of at least 4 members (excludes halogenated alkanes) is 5. The molecule has 0 bridgehead atoms. The van der Waals surface area contributed by atoms with Crippen molar-refractivity contribution >= 4 is 46.4 Å². The molecule has 204 valence electrons. The molecule has 2 aliphatic rings. The monoisotopic (exact) mass is 566 g/mol. The number of fused-ring (bicyclic) bond motifs is 1. The largest absolute Gasteiger partial charge is 0.494 e. The molecule has 2 heterocycles. The maximum Gasteiger partial charge on any atom is 0.266 e. The van der Waals surface area contributed by atoms with Crippen molar-refractivity contribution in [2.75, 3.05) is 16.6 Å². The summed E-state index contributed by atoms with van der Waals surface area (Å²) in [6.07, 6.45) is 6.27. The molecule has 3 unspecified atom stereocenters. The molecule has 0 aromatic heterocycles. The second-order valence-corrected chi connectivity index (χ2v) is 10.8. The van der Waals surface area contributed by atoms with Crippen LogP contribution in [0.25, 0.3) is 0 Å². The molecule has 39 heavy (non-hydrogen) atoms. The van der Waals surface area contributed by atoms with Crippen LogP contribution in [0.15, 0.2) is 72.8 Å². The second kappa shape index (κ2) is 12.4. The molecule has 2 saturated heterocycles. The summed E-state index contributed by atoms with van der Waals surface area (Å²) >= 11 is 12.3. The van der Waals surface area contributed by atoms with Gasteiger partial charge in [0, 0.05) is 0 Å². The van der Waals surface area contributed by atoms with E-state index in [4.69, 9.17) is 32.8 Å². The molecule has 3 aromatic carbocycles. The number of carbonyl (C=O) groups excluding carboxylic acids is 2. The molecule has 2 amide bonds. The number of nitrogens with zero attached hydrogens (tertiary/aromatic N) is 2. The van der Waals surface area contributed by atoms with Crippen LogP contribution in [-0.2, 0) is 14.4 Å². The van der Waals surface area contributed by atoms with Gasteiger partial charge in [0.25, 0.3) is 5.91 Å². The van der Waals surface area contributed by atoms with Crippen LogP contribution in [0.2, 0.25) is 10.0 Å². The Kier molecular flexibility index (Phi) is 8.75. The van der Waals surface area contributed by atoms with Gasteiger partial charge in [0.15, 0.2) is 6.10 Å². The average Bonchev–Trinajstić information content (AvgIpc) is 3.46. The van der Waals surface area contributed by atoms with Crippen LogP contribution < -0.4 is 14.7 Å². The summed E-state index contributed by atoms with van der Waals surface area (Å²) in [5, 5.41) is 2.30. The van der Waals surface area contributed by atoms with E-state index in [0.717, 1.165) is 34.7 Å². The quantitative estimate of drug-likeness (QED) is 0.175. The van der Waals surface area contributed by atoms with Gasteiger partial charge in [-0.3, -0.25) is 14.4 Å². The topological polar surface area (TPSA) is 59.1 Å². The van der Waals surface area contributed by atoms with Gasteiger partial charge in [0.05, 0.1) is 34.1 Å². The summed E-state index contributed by atoms with van der Waals surface area (Å²) in [7, 11) is 0. The number of hydrogen-bond donors (Lipinski definition) is 0. The lowest BCUT2D eigenvalue weighted by atomic mass is 9.90. The number of anilines is 2. The Bertz CT molecular complexity index is 1300. The highest BCUT2D eigenvalue weighted by Crippen LogP contribution is 2.48. The average molecular weight is 568 g/mol. The minimum absolute atomic E-state index is 0.270. The Morgan fingerprint density at radius 1 is 0.795 bits per heavy atom. The van der Waals surface area contributed by atoms with E-state index in [2.05, 4.69) is 6.92 Å². The Balaban J connectivity index is 1.36. The fraction of sp³-hybridized carbons (Fsp3) is 0.355. The van der Waals surface area contributed by atoms with Gasteiger partial charge < -0.3 is 4.74 Å². The normalized spacial score (nSPS) is 20.5. The van der Waals surface area contributed by atoms with Crippen LogP contribution in [-0.4, -0.2) is 24.5 Å². The first-order valence-corrected chi connectivity index (χ1v) is 14.3. The molecule has 8 heteroatoms. The zero-order chi connectivity index (χ0) is 27.4. The Morgan fingerprint density at radius 2 is 1.51 bits per heavy atom. The molecule has 0 radical (unpaired) electrons. The van der Waals surface area contributed by atoms with Gasteiger partial charge in [0.2, 0.25) is 5.91 Å². The third-order valence-corrected chi connectivity index (χ3v) is 8.01. The number of ether oxygens (including phenoxy) is 1. The predicted molar refractivity (Wildman–Crippen MR) is 154 cm³/mol. The van der Waals surface area contributed by atoms with Crippen LogP contribution >= 0.6 is 23.2 Å². The number of hydroxylamine groups is 1. The minimum atomic E-state index is -0.958. The van der Waals surface area contributed by atoms with Crippen molar-refractivity contribution in [1.82, 2.24) is 0 Å². The Hall–Kier alpha value is -3.06. The van der Waals surface area contributed by atoms with E-state index in [-0.39, 0.29) is 10.9 Å². The molecule has 6 nitrogen and oxygen atoms in total. The highest BCUT2D eigenvalue weighted by molar-refractivity contribution is 6.42. The zero-order valence-electron chi connectivity index (χ0n) is 21.9. The predicted octanol–water partition coefficient (Wildman–Crippen LogP) is 7.78. The number of para-hydroxylation sites is 1. The third kappa shape index (κ3) is 5.79. The second-order valence-electron chi connectivity index (χ2n) is 9.95. The van der Waals surface area contributed by atoms with E-state index < -0.39 is 24.0 Å². The fourth-order valence-electron chi connectivity index (χ4n) is 5.26. The highest BCUT2D eigenvalue weighted by Gasteiger charge is 2.60. The maximum absolute atomic E-state index is 13.8. The molecule has 5 rings (SSSR count). The minimum Gasteiger partial charge on any atom is -0.494 e. The van der Waals surface area contributed by atoms with E-state index in [1.165, 1.54) is 31.7 Å². The summed E-state index contributed by atoms with van der Waals surface area (Å²) in [6.45, 7) is 2.89. The third-order valence-electron chi connectivity index (χ3n) is 7.28. The number of carbonyl (C=O) groups is 2. The molecule has 2 fully saturated rings. The molecular formula is C31H32Cl2N2O4. The zero-order valence-corrected chi connectivity index (χ0v) is 23.4. The molecule has 0 spiro atoms. The summed E-state index contributed by atoms with van der Waals surface area (Å²) in [6, 6.07) is 21.5. The number of benzene rings is 3. The first-order valence-electron chi connectivity index (χ1n) is 13.6. The first-order chi connectivity index (χ1) is 19.0. The van der Waals surface area contributed by atoms with E-state index in [1.54, 1.807) is 17.2 Å². The first kappa shape index (κ1) is 27.5. The van der Waals surface area contributed by atoms with Crippen molar-refractivity contribution in [1.29, 1.82) is 0 Å². The fourth-order valence-corrected chi connectivity index (χ4v) is 5.56. The molecule has 0 aliphatic carbocycles. The molecule has 2 aliphatic heterocycles. The summed E-state index contributed by atoms with van der Waals surface area (Å²) in [5.74, 6) is -0.719. The maximum atomic E-state index is 13.8. The summed E-state index contributed by atoms with van der Waals surface area (Å²) in [5.41, 5.74) is 2.00. The SMILES string of the molecule is CCCCCCCCOc1ccc(C2C3C(=O)N(c4ccc(Cl)c(Cl)c4)C(=O)C3ON2c2ccccc2)cc1. The van der Waals surface area contributed by atoms with Crippen molar-refractivity contribution in [3.63, 3.8) is 0 Å². The molecule has 3 atom stereocenters. The molecule has 3 aromatic rings. The molecular weight excluding hydrogens is 535 g/mol. The van der Waals surface area contributed by atoms with Crippen LogP contribution in [0.3, 0.4) is 0 Å². The van der Waals surface area contributed by atoms with E-state index in [1.807, 2.05) is 54.6 Å². The van der Waals surface area contributed by atoms with E-state index >= 15 is 0 Å². The summed E-state index contributed by atoms with van der Waals surface area (Å²) < 4.78 is 5.96. The van der Waals surface area contributed by atoms with Crippen molar-refractivity contribution in [3.05, 3.63) is 88.4 Å². The smallest absolute Gasteiger partial charge is 0.266 e.